The average Bonchev–Trinajstić information content (AvgIpc) is 3.13. The van der Waals surface area contributed by atoms with Gasteiger partial charge in [0.15, 0.2) is 17.3 Å². The number of aliphatic imine (C=N–C) groups is 1. The summed E-state index contributed by atoms with van der Waals surface area (Å²) in [5.74, 6) is 1.76. The van der Waals surface area contributed by atoms with Crippen LogP contribution in [0.25, 0.3) is 6.08 Å². The van der Waals surface area contributed by atoms with Crippen molar-refractivity contribution >= 4 is 18.0 Å². The Kier molecular flexibility index (Phi) is 7.22. The molecule has 1 saturated heterocycles. The van der Waals surface area contributed by atoms with Crippen molar-refractivity contribution < 1.29 is 23.7 Å². The van der Waals surface area contributed by atoms with Crippen LogP contribution in [0.2, 0.25) is 0 Å². The first-order valence-corrected chi connectivity index (χ1v) is 11.8. The van der Waals surface area contributed by atoms with Crippen molar-refractivity contribution in [3.63, 3.8) is 0 Å². The summed E-state index contributed by atoms with van der Waals surface area (Å²) in [7, 11) is 4.72. The molecule has 1 aliphatic heterocycles. The highest BCUT2D eigenvalue weighted by Gasteiger charge is 2.40. The average molecular weight is 443 g/mol. The van der Waals surface area contributed by atoms with E-state index >= 15 is 0 Å². The smallest absolute Gasteiger partial charge is 0.300 e. The van der Waals surface area contributed by atoms with Gasteiger partial charge in [-0.1, -0.05) is 38.5 Å². The lowest BCUT2D eigenvalue weighted by Crippen LogP contribution is -2.41. The minimum absolute atomic E-state index is 0.111. The topological polar surface area (TPSA) is 69.6 Å². The first kappa shape index (κ1) is 22.5. The Morgan fingerprint density at radius 3 is 2.06 bits per heavy atom. The second-order valence-corrected chi connectivity index (χ2v) is 8.74. The maximum Gasteiger partial charge on any atom is 0.300 e. The van der Waals surface area contributed by atoms with E-state index in [1.54, 1.807) is 27.4 Å². The molecule has 2 aliphatic carbocycles. The minimum Gasteiger partial charge on any atom is -0.493 e. The van der Waals surface area contributed by atoms with E-state index in [9.17, 15) is 4.79 Å². The van der Waals surface area contributed by atoms with Crippen LogP contribution in [0.3, 0.4) is 0 Å². The van der Waals surface area contributed by atoms with Crippen molar-refractivity contribution in [2.24, 2.45) is 4.99 Å². The summed E-state index contributed by atoms with van der Waals surface area (Å²) in [6.45, 7) is 0. The summed E-state index contributed by atoms with van der Waals surface area (Å²) in [6, 6.07) is 4.49. The van der Waals surface area contributed by atoms with Crippen molar-refractivity contribution in [1.82, 2.24) is 4.90 Å². The maximum atomic E-state index is 13.5. The maximum absolute atomic E-state index is 13.5. The van der Waals surface area contributed by atoms with Crippen LogP contribution in [0, 0.1) is 0 Å². The Balaban J connectivity index is 1.67. The van der Waals surface area contributed by atoms with Crippen LogP contribution in [-0.2, 0) is 9.53 Å². The number of carbonyl (C=O) groups excluding carboxylic acids is 1. The summed E-state index contributed by atoms with van der Waals surface area (Å²) in [6.07, 6.45) is 13.0. The fourth-order valence-electron chi connectivity index (χ4n) is 4.94. The number of rotatable bonds is 6. The van der Waals surface area contributed by atoms with E-state index in [0.29, 0.717) is 29.0 Å². The highest BCUT2D eigenvalue weighted by atomic mass is 16.5. The van der Waals surface area contributed by atoms with E-state index in [-0.39, 0.29) is 18.0 Å². The van der Waals surface area contributed by atoms with Gasteiger partial charge >= 0.3 is 6.02 Å². The summed E-state index contributed by atoms with van der Waals surface area (Å²) in [5, 5.41) is 0. The zero-order valence-electron chi connectivity index (χ0n) is 19.4. The van der Waals surface area contributed by atoms with E-state index < -0.39 is 0 Å². The van der Waals surface area contributed by atoms with Gasteiger partial charge in [0.25, 0.3) is 5.91 Å². The van der Waals surface area contributed by atoms with Gasteiger partial charge in [-0.05, 0) is 49.5 Å². The fraction of sp³-hybridized carbons (Fsp3) is 0.600. The second-order valence-electron chi connectivity index (χ2n) is 8.74. The lowest BCUT2D eigenvalue weighted by Gasteiger charge is -2.29. The third-order valence-corrected chi connectivity index (χ3v) is 6.63. The third kappa shape index (κ3) is 4.71. The molecule has 1 heterocycles. The van der Waals surface area contributed by atoms with Crippen LogP contribution in [0.4, 0.5) is 0 Å². The number of ether oxygens (including phenoxy) is 4. The van der Waals surface area contributed by atoms with Crippen LogP contribution in [0.5, 0.6) is 17.2 Å². The zero-order chi connectivity index (χ0) is 22.5. The molecule has 1 aromatic rings. The van der Waals surface area contributed by atoms with Crippen LogP contribution in [0.1, 0.15) is 69.8 Å². The molecule has 3 fully saturated rings. The summed E-state index contributed by atoms with van der Waals surface area (Å²) >= 11 is 0. The van der Waals surface area contributed by atoms with Gasteiger partial charge in [0.2, 0.25) is 5.75 Å². The van der Waals surface area contributed by atoms with E-state index in [1.165, 1.54) is 25.7 Å². The second kappa shape index (κ2) is 10.3. The Bertz CT molecular complexity index is 857. The molecule has 7 nitrogen and oxygen atoms in total. The van der Waals surface area contributed by atoms with Crippen LogP contribution < -0.4 is 14.2 Å². The molecule has 0 N–H and O–H groups in total. The summed E-state index contributed by atoms with van der Waals surface area (Å²) < 4.78 is 22.4. The van der Waals surface area contributed by atoms with Crippen molar-refractivity contribution in [3.8, 4) is 17.2 Å². The fourth-order valence-corrected chi connectivity index (χ4v) is 4.94. The van der Waals surface area contributed by atoms with Gasteiger partial charge < -0.3 is 18.9 Å². The summed E-state index contributed by atoms with van der Waals surface area (Å²) in [4.78, 5) is 20.2. The number of nitrogens with zero attached hydrogens (tertiary/aromatic N) is 2. The number of carbonyl (C=O) groups is 1. The molecule has 32 heavy (non-hydrogen) atoms. The molecule has 0 aromatic heterocycles. The van der Waals surface area contributed by atoms with Gasteiger partial charge in [0.05, 0.1) is 27.4 Å². The minimum atomic E-state index is -0.111. The number of hydrogen-bond acceptors (Lipinski definition) is 6. The molecule has 0 atom stereocenters. The molecule has 1 aromatic carbocycles. The SMILES string of the molecule is COc1cc(C=C2OC(=NC3CCCCC3)N(C3CCCCC3)C2=O)cc(OC)c1OC. The predicted octanol–water partition coefficient (Wildman–Crippen LogP) is 4.93. The molecular formula is C25H34N2O5. The monoisotopic (exact) mass is 442 g/mol. The van der Waals surface area contributed by atoms with Crippen LogP contribution >= 0.6 is 0 Å². The van der Waals surface area contributed by atoms with E-state index in [0.717, 1.165) is 44.1 Å². The normalized spacial score (nSPS) is 23.0. The molecule has 0 radical (unpaired) electrons. The molecule has 174 valence electrons. The van der Waals surface area contributed by atoms with Gasteiger partial charge in [0, 0.05) is 6.04 Å². The third-order valence-electron chi connectivity index (χ3n) is 6.63. The molecule has 0 bridgehead atoms. The Morgan fingerprint density at radius 2 is 1.50 bits per heavy atom. The molecule has 1 amide bonds. The van der Waals surface area contributed by atoms with Crippen molar-refractivity contribution in [1.29, 1.82) is 0 Å². The van der Waals surface area contributed by atoms with Crippen molar-refractivity contribution in [2.45, 2.75) is 76.3 Å². The van der Waals surface area contributed by atoms with Crippen LogP contribution in [-0.4, -0.2) is 50.2 Å². The molecule has 0 spiro atoms. The zero-order valence-corrected chi connectivity index (χ0v) is 19.4. The predicted molar refractivity (Wildman–Crippen MR) is 123 cm³/mol. The van der Waals surface area contributed by atoms with E-state index in [1.807, 2.05) is 17.0 Å². The van der Waals surface area contributed by atoms with Crippen molar-refractivity contribution in [3.05, 3.63) is 23.5 Å². The molecule has 0 unspecified atom stereocenters. The lowest BCUT2D eigenvalue weighted by atomic mass is 9.94. The van der Waals surface area contributed by atoms with Gasteiger partial charge in [-0.2, -0.15) is 0 Å². The Labute approximate surface area is 190 Å². The molecule has 2 saturated carbocycles. The largest absolute Gasteiger partial charge is 0.493 e. The Hall–Kier alpha value is -2.70. The molecule has 7 heteroatoms. The first-order chi connectivity index (χ1) is 15.6. The van der Waals surface area contributed by atoms with Gasteiger partial charge in [-0.15, -0.1) is 0 Å². The summed E-state index contributed by atoms with van der Waals surface area (Å²) in [5.41, 5.74) is 0.741. The molecule has 4 rings (SSSR count). The number of hydrogen-bond donors (Lipinski definition) is 0. The van der Waals surface area contributed by atoms with Crippen LogP contribution in [0.15, 0.2) is 22.9 Å². The lowest BCUT2D eigenvalue weighted by molar-refractivity contribution is -0.124. The number of amides is 1. The standard InChI is InChI=1S/C25H34N2O5/c1-29-20-14-17(15-21(30-2)23(20)31-3)16-22-24(28)27(19-12-8-5-9-13-19)25(32-22)26-18-10-6-4-7-11-18/h14-16,18-19H,4-13H2,1-3H3. The number of amidine groups is 1. The van der Waals surface area contributed by atoms with E-state index in [4.69, 9.17) is 23.9 Å². The molecular weight excluding hydrogens is 408 g/mol. The quantitative estimate of drug-likeness (QED) is 0.584. The number of methoxy groups -OCH3 is 3. The van der Waals surface area contributed by atoms with Crippen molar-refractivity contribution in [2.75, 3.05) is 21.3 Å². The van der Waals surface area contributed by atoms with Gasteiger partial charge in [-0.25, -0.2) is 4.99 Å². The number of benzene rings is 1. The highest BCUT2D eigenvalue weighted by molar-refractivity contribution is 6.11. The first-order valence-electron chi connectivity index (χ1n) is 11.8. The van der Waals surface area contributed by atoms with E-state index in [2.05, 4.69) is 0 Å². The van der Waals surface area contributed by atoms with Gasteiger partial charge in [-0.3, -0.25) is 9.69 Å². The Morgan fingerprint density at radius 1 is 0.906 bits per heavy atom. The highest BCUT2D eigenvalue weighted by Crippen LogP contribution is 2.39. The molecule has 3 aliphatic rings. The van der Waals surface area contributed by atoms with Gasteiger partial charge in [0.1, 0.15) is 0 Å².